The summed E-state index contributed by atoms with van der Waals surface area (Å²) >= 11 is 0. The van der Waals surface area contributed by atoms with Crippen LogP contribution in [0.5, 0.6) is 0 Å². The predicted molar refractivity (Wildman–Crippen MR) is 71.6 cm³/mol. The summed E-state index contributed by atoms with van der Waals surface area (Å²) in [6.45, 7) is 5.94. The average molecular weight is 247 g/mol. The molecule has 3 nitrogen and oxygen atoms in total. The molecule has 1 aromatic rings. The summed E-state index contributed by atoms with van der Waals surface area (Å²) in [5, 5.41) is 12.5. The van der Waals surface area contributed by atoms with Crippen molar-refractivity contribution in [2.45, 2.75) is 39.2 Å². The van der Waals surface area contributed by atoms with Gasteiger partial charge in [0.05, 0.1) is 12.1 Å². The molecule has 0 radical (unpaired) electrons. The quantitative estimate of drug-likeness (QED) is 0.857. The number of carbonyl (C=O) groups is 1. The largest absolute Gasteiger partial charge is 0.394 e. The van der Waals surface area contributed by atoms with E-state index >= 15 is 0 Å². The van der Waals surface area contributed by atoms with Gasteiger partial charge in [-0.25, -0.2) is 0 Å². The molecular formula is C15H21NO2. The SMILES string of the molecule is Cc1ccc(C(=O)NC(C)(CO)C2CC2)cc1C. The molecular weight excluding hydrogens is 226 g/mol. The van der Waals surface area contributed by atoms with Crippen LogP contribution in [-0.2, 0) is 0 Å². The summed E-state index contributed by atoms with van der Waals surface area (Å²) in [6, 6.07) is 5.69. The Morgan fingerprint density at radius 3 is 2.56 bits per heavy atom. The van der Waals surface area contributed by atoms with Gasteiger partial charge in [0, 0.05) is 5.56 Å². The van der Waals surface area contributed by atoms with Gasteiger partial charge in [-0.1, -0.05) is 6.07 Å². The normalized spacial score (nSPS) is 18.2. The molecule has 0 aliphatic heterocycles. The lowest BCUT2D eigenvalue weighted by Gasteiger charge is -2.28. The van der Waals surface area contributed by atoms with Crippen molar-refractivity contribution in [2.75, 3.05) is 6.61 Å². The van der Waals surface area contributed by atoms with E-state index in [1.54, 1.807) is 0 Å². The molecule has 0 heterocycles. The number of aryl methyl sites for hydroxylation is 2. The van der Waals surface area contributed by atoms with E-state index in [1.807, 2.05) is 39.0 Å². The summed E-state index contributed by atoms with van der Waals surface area (Å²) in [6.07, 6.45) is 2.18. The van der Waals surface area contributed by atoms with Crippen molar-refractivity contribution in [3.63, 3.8) is 0 Å². The predicted octanol–water partition coefficient (Wildman–Crippen LogP) is 2.19. The second-order valence-corrected chi connectivity index (χ2v) is 5.60. The highest BCUT2D eigenvalue weighted by Crippen LogP contribution is 2.39. The van der Waals surface area contributed by atoms with Crippen LogP contribution < -0.4 is 5.32 Å². The van der Waals surface area contributed by atoms with E-state index in [0.29, 0.717) is 11.5 Å². The molecule has 0 bridgehead atoms. The maximum Gasteiger partial charge on any atom is 0.251 e. The molecule has 2 N–H and O–H groups in total. The average Bonchev–Trinajstić information content (AvgIpc) is 3.16. The lowest BCUT2D eigenvalue weighted by molar-refractivity contribution is 0.0824. The third-order valence-corrected chi connectivity index (χ3v) is 3.98. The monoisotopic (exact) mass is 247 g/mol. The number of rotatable bonds is 4. The Labute approximate surface area is 108 Å². The van der Waals surface area contributed by atoms with Crippen molar-refractivity contribution in [2.24, 2.45) is 5.92 Å². The van der Waals surface area contributed by atoms with Crippen LogP contribution >= 0.6 is 0 Å². The van der Waals surface area contributed by atoms with Crippen molar-refractivity contribution >= 4 is 5.91 Å². The number of aliphatic hydroxyl groups is 1. The molecule has 2 rings (SSSR count). The summed E-state index contributed by atoms with van der Waals surface area (Å²) in [4.78, 5) is 12.2. The Morgan fingerprint density at radius 2 is 2.06 bits per heavy atom. The van der Waals surface area contributed by atoms with E-state index in [-0.39, 0.29) is 12.5 Å². The molecule has 0 spiro atoms. The molecule has 98 valence electrons. The maximum absolute atomic E-state index is 12.2. The zero-order valence-corrected chi connectivity index (χ0v) is 11.3. The van der Waals surface area contributed by atoms with Crippen LogP contribution in [0.4, 0.5) is 0 Å². The zero-order chi connectivity index (χ0) is 13.3. The summed E-state index contributed by atoms with van der Waals surface area (Å²) in [5.74, 6) is 0.319. The zero-order valence-electron chi connectivity index (χ0n) is 11.3. The Kier molecular flexibility index (Phi) is 3.44. The Morgan fingerprint density at radius 1 is 1.39 bits per heavy atom. The maximum atomic E-state index is 12.2. The number of nitrogens with one attached hydrogen (secondary N) is 1. The van der Waals surface area contributed by atoms with Crippen molar-refractivity contribution < 1.29 is 9.90 Å². The first-order chi connectivity index (χ1) is 8.46. The standard InChI is InChI=1S/C15H21NO2/c1-10-4-5-12(8-11(10)2)14(18)16-15(3,9-17)13-6-7-13/h4-5,8,13,17H,6-7,9H2,1-3H3,(H,16,18). The molecule has 1 atom stereocenters. The van der Waals surface area contributed by atoms with E-state index in [4.69, 9.17) is 0 Å². The van der Waals surface area contributed by atoms with E-state index in [2.05, 4.69) is 5.32 Å². The highest BCUT2D eigenvalue weighted by molar-refractivity contribution is 5.95. The topological polar surface area (TPSA) is 49.3 Å². The first kappa shape index (κ1) is 13.1. The Bertz CT molecular complexity index is 466. The van der Waals surface area contributed by atoms with E-state index in [1.165, 1.54) is 5.56 Å². The van der Waals surface area contributed by atoms with Crippen molar-refractivity contribution in [3.8, 4) is 0 Å². The number of aliphatic hydroxyl groups excluding tert-OH is 1. The first-order valence-corrected chi connectivity index (χ1v) is 6.47. The molecule has 18 heavy (non-hydrogen) atoms. The fourth-order valence-corrected chi connectivity index (χ4v) is 2.21. The van der Waals surface area contributed by atoms with Gasteiger partial charge >= 0.3 is 0 Å². The molecule has 1 amide bonds. The molecule has 3 heteroatoms. The minimum absolute atomic E-state index is 0.00570. The van der Waals surface area contributed by atoms with Crippen LogP contribution in [0, 0.1) is 19.8 Å². The van der Waals surface area contributed by atoms with Gasteiger partial charge in [-0.3, -0.25) is 4.79 Å². The van der Waals surface area contributed by atoms with Crippen LogP contribution in [0.3, 0.4) is 0 Å². The number of carbonyl (C=O) groups excluding carboxylic acids is 1. The molecule has 1 saturated carbocycles. The minimum atomic E-state index is -0.476. The van der Waals surface area contributed by atoms with Gasteiger partial charge in [-0.15, -0.1) is 0 Å². The molecule has 1 aliphatic carbocycles. The highest BCUT2D eigenvalue weighted by atomic mass is 16.3. The van der Waals surface area contributed by atoms with Gasteiger partial charge < -0.3 is 10.4 Å². The number of hydrogen-bond donors (Lipinski definition) is 2. The van der Waals surface area contributed by atoms with Crippen LogP contribution in [0.2, 0.25) is 0 Å². The number of amides is 1. The van der Waals surface area contributed by atoms with Crippen molar-refractivity contribution in [1.82, 2.24) is 5.32 Å². The van der Waals surface area contributed by atoms with Gasteiger partial charge in [0.2, 0.25) is 0 Å². The lowest BCUT2D eigenvalue weighted by atomic mass is 9.96. The van der Waals surface area contributed by atoms with E-state index < -0.39 is 5.54 Å². The van der Waals surface area contributed by atoms with Gasteiger partial charge in [0.1, 0.15) is 0 Å². The van der Waals surface area contributed by atoms with Gasteiger partial charge in [-0.2, -0.15) is 0 Å². The molecule has 0 aromatic heterocycles. The summed E-state index contributed by atoms with van der Waals surface area (Å²) in [7, 11) is 0. The molecule has 1 fully saturated rings. The third kappa shape index (κ3) is 2.56. The number of benzene rings is 1. The van der Waals surface area contributed by atoms with E-state index in [0.717, 1.165) is 18.4 Å². The Balaban J connectivity index is 2.13. The fourth-order valence-electron chi connectivity index (χ4n) is 2.21. The lowest BCUT2D eigenvalue weighted by Crippen LogP contribution is -2.50. The van der Waals surface area contributed by atoms with Gasteiger partial charge in [0.15, 0.2) is 0 Å². The minimum Gasteiger partial charge on any atom is -0.394 e. The first-order valence-electron chi connectivity index (χ1n) is 6.47. The van der Waals surface area contributed by atoms with E-state index in [9.17, 15) is 9.90 Å². The third-order valence-electron chi connectivity index (χ3n) is 3.98. The van der Waals surface area contributed by atoms with Crippen LogP contribution in [0.1, 0.15) is 41.3 Å². The van der Waals surface area contributed by atoms with Crippen LogP contribution in [0.25, 0.3) is 0 Å². The Hall–Kier alpha value is -1.35. The van der Waals surface area contributed by atoms with Crippen LogP contribution in [-0.4, -0.2) is 23.2 Å². The molecule has 1 unspecified atom stereocenters. The second kappa shape index (κ2) is 4.73. The summed E-state index contributed by atoms with van der Waals surface area (Å²) < 4.78 is 0. The summed E-state index contributed by atoms with van der Waals surface area (Å²) in [5.41, 5.74) is 2.48. The molecule has 1 aliphatic rings. The molecule has 0 saturated heterocycles. The fraction of sp³-hybridized carbons (Fsp3) is 0.533. The van der Waals surface area contributed by atoms with Crippen LogP contribution in [0.15, 0.2) is 18.2 Å². The number of hydrogen-bond acceptors (Lipinski definition) is 2. The second-order valence-electron chi connectivity index (χ2n) is 5.60. The smallest absolute Gasteiger partial charge is 0.251 e. The highest BCUT2D eigenvalue weighted by Gasteiger charge is 2.42. The molecule has 1 aromatic carbocycles. The van der Waals surface area contributed by atoms with Crippen molar-refractivity contribution in [1.29, 1.82) is 0 Å². The van der Waals surface area contributed by atoms with Crippen molar-refractivity contribution in [3.05, 3.63) is 34.9 Å². The van der Waals surface area contributed by atoms with Gasteiger partial charge in [-0.05, 0) is 62.8 Å². The van der Waals surface area contributed by atoms with Gasteiger partial charge in [0.25, 0.3) is 5.91 Å².